The molecule has 0 aromatic heterocycles. The number of hydrogen-bond acceptors (Lipinski definition) is 3. The summed E-state index contributed by atoms with van der Waals surface area (Å²) >= 11 is 0. The van der Waals surface area contributed by atoms with E-state index in [1.54, 1.807) is 6.07 Å². The molecule has 18 heavy (non-hydrogen) atoms. The molecule has 0 saturated heterocycles. The summed E-state index contributed by atoms with van der Waals surface area (Å²) < 4.78 is 36.2. The van der Waals surface area contributed by atoms with Crippen LogP contribution in [0, 0.1) is 5.82 Å². The fourth-order valence-corrected chi connectivity index (χ4v) is 3.03. The fraction of sp³-hybridized carbons (Fsp3) is 0.417. The van der Waals surface area contributed by atoms with Crippen LogP contribution in [0.5, 0.6) is 0 Å². The van der Waals surface area contributed by atoms with Gasteiger partial charge in [0.05, 0.1) is 11.5 Å². The van der Waals surface area contributed by atoms with Gasteiger partial charge in [-0.15, -0.1) is 0 Å². The van der Waals surface area contributed by atoms with Crippen molar-refractivity contribution in [2.75, 3.05) is 5.75 Å². The molecular weight excluding hydrogens is 259 g/mol. The van der Waals surface area contributed by atoms with Crippen molar-refractivity contribution in [3.8, 4) is 0 Å². The predicted octanol–water partition coefficient (Wildman–Crippen LogP) is 2.00. The van der Waals surface area contributed by atoms with Gasteiger partial charge in [-0.1, -0.05) is 12.1 Å². The lowest BCUT2D eigenvalue weighted by Crippen LogP contribution is -2.10. The fourth-order valence-electron chi connectivity index (χ4n) is 1.55. The van der Waals surface area contributed by atoms with Crippen molar-refractivity contribution in [2.24, 2.45) is 0 Å². The monoisotopic (exact) mass is 274 g/mol. The number of unbranched alkanes of at least 4 members (excludes halogenated alkanes) is 1. The number of carbonyl (C=O) groups is 1. The molecule has 100 valence electrons. The summed E-state index contributed by atoms with van der Waals surface area (Å²) in [6.07, 6.45) is 0.608. The lowest BCUT2D eigenvalue weighted by atomic mass is 10.2. The maximum atomic E-state index is 12.9. The number of benzene rings is 1. The van der Waals surface area contributed by atoms with Gasteiger partial charge in [-0.3, -0.25) is 4.79 Å². The van der Waals surface area contributed by atoms with Crippen LogP contribution in [-0.4, -0.2) is 25.2 Å². The molecule has 0 bridgehead atoms. The second kappa shape index (κ2) is 6.49. The highest BCUT2D eigenvalue weighted by atomic mass is 32.2. The Bertz CT molecular complexity index is 511. The molecule has 0 radical (unpaired) electrons. The highest BCUT2D eigenvalue weighted by molar-refractivity contribution is 7.90. The Hall–Kier alpha value is -1.43. The van der Waals surface area contributed by atoms with Crippen molar-refractivity contribution in [2.45, 2.75) is 25.0 Å². The highest BCUT2D eigenvalue weighted by Gasteiger charge is 2.12. The van der Waals surface area contributed by atoms with Gasteiger partial charge in [0.1, 0.15) is 5.82 Å². The van der Waals surface area contributed by atoms with E-state index in [0.717, 1.165) is 0 Å². The van der Waals surface area contributed by atoms with E-state index in [1.807, 2.05) is 0 Å². The minimum absolute atomic E-state index is 0.0323. The molecule has 0 saturated carbocycles. The van der Waals surface area contributed by atoms with Crippen molar-refractivity contribution >= 4 is 15.8 Å². The molecule has 0 heterocycles. The quantitative estimate of drug-likeness (QED) is 0.772. The molecule has 0 atom stereocenters. The molecule has 1 aromatic rings. The van der Waals surface area contributed by atoms with Crippen LogP contribution in [0.2, 0.25) is 0 Å². The van der Waals surface area contributed by atoms with Crippen molar-refractivity contribution in [1.82, 2.24) is 0 Å². The number of sulfone groups is 1. The summed E-state index contributed by atoms with van der Waals surface area (Å²) in [5, 5.41) is 8.42. The average molecular weight is 274 g/mol. The topological polar surface area (TPSA) is 71.4 Å². The summed E-state index contributed by atoms with van der Waals surface area (Å²) in [6, 6.07) is 5.46. The summed E-state index contributed by atoms with van der Waals surface area (Å²) in [7, 11) is -3.31. The first-order valence-electron chi connectivity index (χ1n) is 5.56. The summed E-state index contributed by atoms with van der Waals surface area (Å²) in [5.74, 6) is -1.68. The predicted molar refractivity (Wildman–Crippen MR) is 65.4 cm³/mol. The maximum absolute atomic E-state index is 12.9. The van der Waals surface area contributed by atoms with Crippen molar-refractivity contribution in [1.29, 1.82) is 0 Å². The van der Waals surface area contributed by atoms with E-state index in [2.05, 4.69) is 0 Å². The van der Waals surface area contributed by atoms with Crippen molar-refractivity contribution in [3.63, 3.8) is 0 Å². The molecule has 0 fully saturated rings. The van der Waals surface area contributed by atoms with E-state index in [4.69, 9.17) is 5.11 Å². The van der Waals surface area contributed by atoms with Gasteiger partial charge in [0.25, 0.3) is 0 Å². The van der Waals surface area contributed by atoms with E-state index < -0.39 is 21.6 Å². The summed E-state index contributed by atoms with van der Waals surface area (Å²) in [6.45, 7) is 0. The van der Waals surface area contributed by atoms with Gasteiger partial charge in [0.15, 0.2) is 9.84 Å². The third-order valence-electron chi connectivity index (χ3n) is 2.37. The first-order chi connectivity index (χ1) is 8.39. The SMILES string of the molecule is O=C(O)CCCCS(=O)(=O)Cc1cccc(F)c1. The number of aliphatic carboxylic acids is 1. The Morgan fingerprint density at radius 1 is 1.28 bits per heavy atom. The molecule has 0 aliphatic rings. The minimum Gasteiger partial charge on any atom is -0.481 e. The molecule has 0 aliphatic heterocycles. The smallest absolute Gasteiger partial charge is 0.303 e. The van der Waals surface area contributed by atoms with Crippen LogP contribution >= 0.6 is 0 Å². The lowest BCUT2D eigenvalue weighted by Gasteiger charge is -2.04. The Balaban J connectivity index is 2.47. The zero-order valence-electron chi connectivity index (χ0n) is 9.80. The molecule has 1 aromatic carbocycles. The number of carboxylic acids is 1. The van der Waals surface area contributed by atoms with E-state index in [0.29, 0.717) is 18.4 Å². The third-order valence-corrected chi connectivity index (χ3v) is 4.06. The molecule has 0 spiro atoms. The number of hydrogen-bond donors (Lipinski definition) is 1. The number of halogens is 1. The summed E-state index contributed by atoms with van der Waals surface area (Å²) in [4.78, 5) is 10.3. The van der Waals surface area contributed by atoms with Crippen LogP contribution in [0.25, 0.3) is 0 Å². The van der Waals surface area contributed by atoms with Crippen LogP contribution in [0.3, 0.4) is 0 Å². The van der Waals surface area contributed by atoms with Gasteiger partial charge < -0.3 is 5.11 Å². The molecule has 1 N–H and O–H groups in total. The molecule has 0 unspecified atom stereocenters. The second-order valence-corrected chi connectivity index (χ2v) is 6.26. The Labute approximate surface area is 105 Å². The van der Waals surface area contributed by atoms with Gasteiger partial charge in [0.2, 0.25) is 0 Å². The van der Waals surface area contributed by atoms with Gasteiger partial charge in [-0.05, 0) is 30.5 Å². The third kappa shape index (κ3) is 5.77. The van der Waals surface area contributed by atoms with Crippen LogP contribution in [0.15, 0.2) is 24.3 Å². The second-order valence-electron chi connectivity index (χ2n) is 4.07. The van der Waals surface area contributed by atoms with Crippen LogP contribution in [-0.2, 0) is 20.4 Å². The molecule has 4 nitrogen and oxygen atoms in total. The average Bonchev–Trinajstić information content (AvgIpc) is 2.23. The number of carboxylic acid groups (broad SMARTS) is 1. The standard InChI is InChI=1S/C12H15FO4S/c13-11-5-3-4-10(8-11)9-18(16,17)7-2-1-6-12(14)15/h3-5,8H,1-2,6-7,9H2,(H,14,15). The normalized spacial score (nSPS) is 11.4. The van der Waals surface area contributed by atoms with Gasteiger partial charge >= 0.3 is 5.97 Å². The van der Waals surface area contributed by atoms with E-state index in [9.17, 15) is 17.6 Å². The van der Waals surface area contributed by atoms with Crippen LogP contribution in [0.4, 0.5) is 4.39 Å². The summed E-state index contributed by atoms with van der Waals surface area (Å²) in [5.41, 5.74) is 0.410. The van der Waals surface area contributed by atoms with Crippen LogP contribution < -0.4 is 0 Å². The van der Waals surface area contributed by atoms with Crippen LogP contribution in [0.1, 0.15) is 24.8 Å². The van der Waals surface area contributed by atoms with E-state index >= 15 is 0 Å². The number of rotatable bonds is 7. The molecular formula is C12H15FO4S. The lowest BCUT2D eigenvalue weighted by molar-refractivity contribution is -0.137. The first-order valence-corrected chi connectivity index (χ1v) is 7.38. The molecule has 1 rings (SSSR count). The van der Waals surface area contributed by atoms with Gasteiger partial charge in [0, 0.05) is 6.42 Å². The minimum atomic E-state index is -3.31. The largest absolute Gasteiger partial charge is 0.481 e. The molecule has 6 heteroatoms. The highest BCUT2D eigenvalue weighted by Crippen LogP contribution is 2.10. The Morgan fingerprint density at radius 3 is 2.61 bits per heavy atom. The Kier molecular flexibility index (Phi) is 5.27. The zero-order valence-corrected chi connectivity index (χ0v) is 10.6. The molecule has 0 aliphatic carbocycles. The van der Waals surface area contributed by atoms with Gasteiger partial charge in [-0.25, -0.2) is 12.8 Å². The zero-order chi connectivity index (χ0) is 13.6. The molecule has 0 amide bonds. The van der Waals surface area contributed by atoms with Crippen molar-refractivity contribution in [3.05, 3.63) is 35.6 Å². The Morgan fingerprint density at radius 2 is 2.00 bits per heavy atom. The van der Waals surface area contributed by atoms with Crippen molar-refractivity contribution < 1.29 is 22.7 Å². The van der Waals surface area contributed by atoms with E-state index in [-0.39, 0.29) is 17.9 Å². The van der Waals surface area contributed by atoms with Gasteiger partial charge in [-0.2, -0.15) is 0 Å². The van der Waals surface area contributed by atoms with E-state index in [1.165, 1.54) is 18.2 Å². The first kappa shape index (κ1) is 14.6. The maximum Gasteiger partial charge on any atom is 0.303 e.